The van der Waals surface area contributed by atoms with E-state index in [0.29, 0.717) is 16.3 Å². The fraction of sp³-hybridized carbons (Fsp3) is 0.100. The molecule has 68 valence electrons. The van der Waals surface area contributed by atoms with Crippen molar-refractivity contribution in [1.82, 2.24) is 0 Å². The first-order valence-electron chi connectivity index (χ1n) is 3.79. The summed E-state index contributed by atoms with van der Waals surface area (Å²) in [5.74, 6) is 0.670. The van der Waals surface area contributed by atoms with Crippen LogP contribution < -0.4 is 0 Å². The Morgan fingerprint density at radius 2 is 2.00 bits per heavy atom. The highest BCUT2D eigenvalue weighted by atomic mass is 35.5. The summed E-state index contributed by atoms with van der Waals surface area (Å²) in [6, 6.07) is 5.21. The molecule has 3 heteroatoms. The molecule has 1 nitrogen and oxygen atoms in total. The van der Waals surface area contributed by atoms with Crippen LogP contribution in [0.5, 0.6) is 0 Å². The Labute approximate surface area is 87.8 Å². The van der Waals surface area contributed by atoms with Crippen LogP contribution in [0.2, 0.25) is 5.02 Å². The highest BCUT2D eigenvalue weighted by molar-refractivity contribution is 7.80. The van der Waals surface area contributed by atoms with E-state index in [4.69, 9.17) is 11.6 Å². The first-order valence-corrected chi connectivity index (χ1v) is 4.80. The maximum Gasteiger partial charge on any atom is 0.150 e. The molecule has 0 aliphatic carbocycles. The molecule has 0 aromatic heterocycles. The summed E-state index contributed by atoms with van der Waals surface area (Å²) in [5.41, 5.74) is 1.51. The number of halogens is 1. The van der Waals surface area contributed by atoms with Crippen molar-refractivity contribution in [2.75, 3.05) is 5.75 Å². The zero-order valence-corrected chi connectivity index (χ0v) is 8.55. The number of thiol groups is 1. The molecule has 13 heavy (non-hydrogen) atoms. The van der Waals surface area contributed by atoms with Gasteiger partial charge in [0, 0.05) is 16.3 Å². The number of benzene rings is 1. The van der Waals surface area contributed by atoms with E-state index in [1.54, 1.807) is 18.2 Å². The van der Waals surface area contributed by atoms with E-state index in [2.05, 4.69) is 12.6 Å². The highest BCUT2D eigenvalue weighted by Gasteiger charge is 1.95. The fourth-order valence-corrected chi connectivity index (χ4v) is 1.35. The van der Waals surface area contributed by atoms with Crippen molar-refractivity contribution in [3.8, 4) is 0 Å². The zero-order chi connectivity index (χ0) is 9.68. The molecule has 0 N–H and O–H groups in total. The van der Waals surface area contributed by atoms with Gasteiger partial charge in [0.05, 0.1) is 0 Å². The van der Waals surface area contributed by atoms with Crippen molar-refractivity contribution >= 4 is 36.6 Å². The lowest BCUT2D eigenvalue weighted by Crippen LogP contribution is -1.81. The Bertz CT molecular complexity index is 334. The van der Waals surface area contributed by atoms with Gasteiger partial charge in [-0.2, -0.15) is 12.6 Å². The topological polar surface area (TPSA) is 17.1 Å². The standard InChI is InChI=1S/C10H9ClOS/c11-10-5-8(2-1-3-13)4-9(6-10)7-12/h1-2,4-7,13H,3H2. The minimum absolute atomic E-state index is 0.573. The highest BCUT2D eigenvalue weighted by Crippen LogP contribution is 2.15. The van der Waals surface area contributed by atoms with Crippen LogP contribution in [-0.2, 0) is 0 Å². The maximum atomic E-state index is 10.5. The summed E-state index contributed by atoms with van der Waals surface area (Å²) in [6.45, 7) is 0. The van der Waals surface area contributed by atoms with Crippen molar-refractivity contribution in [1.29, 1.82) is 0 Å². The third-order valence-electron chi connectivity index (χ3n) is 1.49. The Balaban J connectivity index is 3.01. The van der Waals surface area contributed by atoms with Crippen molar-refractivity contribution in [2.45, 2.75) is 0 Å². The number of aldehydes is 1. The lowest BCUT2D eigenvalue weighted by Gasteiger charge is -1.96. The van der Waals surface area contributed by atoms with Crippen molar-refractivity contribution in [3.63, 3.8) is 0 Å². The second-order valence-electron chi connectivity index (χ2n) is 2.52. The molecule has 0 unspecified atom stereocenters. The van der Waals surface area contributed by atoms with E-state index in [0.717, 1.165) is 11.8 Å². The number of carbonyl (C=O) groups is 1. The van der Waals surface area contributed by atoms with Crippen LogP contribution in [0.15, 0.2) is 24.3 Å². The Morgan fingerprint density at radius 1 is 1.31 bits per heavy atom. The van der Waals surface area contributed by atoms with Crippen molar-refractivity contribution < 1.29 is 4.79 Å². The second-order valence-corrected chi connectivity index (χ2v) is 3.32. The molecular formula is C10H9ClOS. The van der Waals surface area contributed by atoms with Crippen molar-refractivity contribution in [2.24, 2.45) is 0 Å². The summed E-state index contributed by atoms with van der Waals surface area (Å²) in [4.78, 5) is 10.5. The van der Waals surface area contributed by atoms with Gasteiger partial charge in [-0.05, 0) is 23.8 Å². The predicted molar refractivity (Wildman–Crippen MR) is 59.7 cm³/mol. The molecular weight excluding hydrogens is 204 g/mol. The van der Waals surface area contributed by atoms with Crippen LogP contribution in [0.1, 0.15) is 15.9 Å². The number of rotatable bonds is 3. The minimum Gasteiger partial charge on any atom is -0.298 e. The molecule has 0 saturated heterocycles. The molecule has 0 amide bonds. The van der Waals surface area contributed by atoms with Gasteiger partial charge in [0.25, 0.3) is 0 Å². The Kier molecular flexibility index (Phi) is 4.06. The van der Waals surface area contributed by atoms with E-state index in [1.807, 2.05) is 12.2 Å². The van der Waals surface area contributed by atoms with Crippen LogP contribution in [0.4, 0.5) is 0 Å². The largest absolute Gasteiger partial charge is 0.298 e. The average molecular weight is 213 g/mol. The predicted octanol–water partition coefficient (Wildman–Crippen LogP) is 3.10. The van der Waals surface area contributed by atoms with Crippen LogP contribution in [0.25, 0.3) is 6.08 Å². The molecule has 0 saturated carbocycles. The molecule has 1 aromatic carbocycles. The molecule has 1 rings (SSSR count). The van der Waals surface area contributed by atoms with E-state index >= 15 is 0 Å². The van der Waals surface area contributed by atoms with Gasteiger partial charge in [0.1, 0.15) is 6.29 Å². The Morgan fingerprint density at radius 3 is 2.62 bits per heavy atom. The third kappa shape index (κ3) is 3.25. The van der Waals surface area contributed by atoms with Crippen LogP contribution >= 0.6 is 24.2 Å². The molecule has 0 spiro atoms. The summed E-state index contributed by atoms with van der Waals surface area (Å²) < 4.78 is 0. The lowest BCUT2D eigenvalue weighted by molar-refractivity contribution is 0.112. The van der Waals surface area contributed by atoms with Gasteiger partial charge in [0.15, 0.2) is 0 Å². The van der Waals surface area contributed by atoms with Crippen LogP contribution in [-0.4, -0.2) is 12.0 Å². The van der Waals surface area contributed by atoms with Gasteiger partial charge in [-0.1, -0.05) is 23.8 Å². The van der Waals surface area contributed by atoms with E-state index in [-0.39, 0.29) is 0 Å². The van der Waals surface area contributed by atoms with Gasteiger partial charge in [-0.15, -0.1) is 0 Å². The van der Waals surface area contributed by atoms with Gasteiger partial charge >= 0.3 is 0 Å². The quantitative estimate of drug-likeness (QED) is 0.602. The van der Waals surface area contributed by atoms with Gasteiger partial charge in [-0.3, -0.25) is 4.79 Å². The van der Waals surface area contributed by atoms with Crippen LogP contribution in [0, 0.1) is 0 Å². The first-order chi connectivity index (χ1) is 6.26. The fourth-order valence-electron chi connectivity index (χ4n) is 0.989. The molecule has 0 aliphatic rings. The lowest BCUT2D eigenvalue weighted by atomic mass is 10.1. The first kappa shape index (κ1) is 10.4. The molecule has 0 atom stereocenters. The van der Waals surface area contributed by atoms with Gasteiger partial charge < -0.3 is 0 Å². The molecule has 0 radical (unpaired) electrons. The SMILES string of the molecule is O=Cc1cc(Cl)cc(C=CCS)c1. The monoisotopic (exact) mass is 212 g/mol. The number of carbonyl (C=O) groups excluding carboxylic acids is 1. The second kappa shape index (κ2) is 5.10. The Hall–Kier alpha value is -0.730. The molecule has 1 aromatic rings. The summed E-state index contributed by atoms with van der Waals surface area (Å²) >= 11 is 9.83. The molecule has 0 fully saturated rings. The van der Waals surface area contributed by atoms with E-state index < -0.39 is 0 Å². The van der Waals surface area contributed by atoms with Crippen molar-refractivity contribution in [3.05, 3.63) is 40.4 Å². The van der Waals surface area contributed by atoms with E-state index in [9.17, 15) is 4.79 Å². The normalized spacial score (nSPS) is 10.6. The zero-order valence-electron chi connectivity index (χ0n) is 6.90. The van der Waals surface area contributed by atoms with E-state index in [1.165, 1.54) is 0 Å². The minimum atomic E-state index is 0.573. The van der Waals surface area contributed by atoms with Crippen LogP contribution in [0.3, 0.4) is 0 Å². The maximum absolute atomic E-state index is 10.5. The average Bonchev–Trinajstić information content (AvgIpc) is 2.14. The molecule has 0 aliphatic heterocycles. The third-order valence-corrected chi connectivity index (χ3v) is 1.92. The van der Waals surface area contributed by atoms with Gasteiger partial charge in [-0.25, -0.2) is 0 Å². The summed E-state index contributed by atoms with van der Waals surface area (Å²) in [5, 5.41) is 0.573. The number of hydrogen-bond donors (Lipinski definition) is 1. The molecule has 0 bridgehead atoms. The van der Waals surface area contributed by atoms with Gasteiger partial charge in [0.2, 0.25) is 0 Å². The summed E-state index contributed by atoms with van der Waals surface area (Å²) in [6.07, 6.45) is 4.55. The smallest absolute Gasteiger partial charge is 0.150 e. The summed E-state index contributed by atoms with van der Waals surface area (Å²) in [7, 11) is 0. The molecule has 0 heterocycles. The number of hydrogen-bond acceptors (Lipinski definition) is 2.